The quantitative estimate of drug-likeness (QED) is 0.628. The maximum Gasteiger partial charge on any atom is 0.262 e. The zero-order valence-electron chi connectivity index (χ0n) is 11.1. The molecule has 0 saturated carbocycles. The van der Waals surface area contributed by atoms with Crippen LogP contribution in [0.5, 0.6) is 5.88 Å². The van der Waals surface area contributed by atoms with E-state index in [9.17, 15) is 9.90 Å². The normalized spacial score (nSPS) is 10.5. The van der Waals surface area contributed by atoms with Gasteiger partial charge >= 0.3 is 0 Å². The molecule has 5 nitrogen and oxygen atoms in total. The molecule has 0 bridgehead atoms. The van der Waals surface area contributed by atoms with Crippen molar-refractivity contribution in [3.05, 3.63) is 65.0 Å². The van der Waals surface area contributed by atoms with E-state index in [1.54, 1.807) is 48.5 Å². The van der Waals surface area contributed by atoms with Crippen LogP contribution in [0.15, 0.2) is 59.4 Å². The van der Waals surface area contributed by atoms with E-state index in [0.717, 1.165) is 0 Å². The lowest BCUT2D eigenvalue weighted by molar-refractivity contribution is 0.454. The van der Waals surface area contributed by atoms with Gasteiger partial charge in [-0.3, -0.25) is 4.79 Å². The second kappa shape index (κ2) is 5.13. The molecule has 5 heteroatoms. The molecule has 21 heavy (non-hydrogen) atoms. The van der Waals surface area contributed by atoms with Crippen molar-refractivity contribution in [2.45, 2.75) is 0 Å². The summed E-state index contributed by atoms with van der Waals surface area (Å²) in [6.45, 7) is 0. The fourth-order valence-corrected chi connectivity index (χ4v) is 2.15. The molecule has 0 atom stereocenters. The predicted molar refractivity (Wildman–Crippen MR) is 81.8 cm³/mol. The summed E-state index contributed by atoms with van der Waals surface area (Å²) in [6.07, 6.45) is 0. The third-order valence-electron chi connectivity index (χ3n) is 3.12. The molecule has 0 spiro atoms. The lowest BCUT2D eigenvalue weighted by Gasteiger charge is -2.06. The van der Waals surface area contributed by atoms with Crippen LogP contribution in [0.3, 0.4) is 0 Å². The molecule has 0 aliphatic rings. The Hall–Kier alpha value is -3.08. The Balaban J connectivity index is 2.15. The van der Waals surface area contributed by atoms with E-state index in [1.807, 2.05) is 6.07 Å². The number of hydrogen-bond acceptors (Lipinski definition) is 4. The van der Waals surface area contributed by atoms with Crippen LogP contribution in [-0.2, 0) is 0 Å². The summed E-state index contributed by atoms with van der Waals surface area (Å²) in [6, 6.07) is 15.8. The molecule has 2 aromatic carbocycles. The van der Waals surface area contributed by atoms with E-state index in [2.05, 4.69) is 9.97 Å². The Morgan fingerprint density at radius 3 is 2.38 bits per heavy atom. The fraction of sp³-hybridized carbons (Fsp3) is 0. The van der Waals surface area contributed by atoms with Crippen LogP contribution < -0.4 is 11.3 Å². The van der Waals surface area contributed by atoms with E-state index in [-0.39, 0.29) is 17.3 Å². The van der Waals surface area contributed by atoms with Crippen LogP contribution in [0.1, 0.15) is 0 Å². The molecule has 0 fully saturated rings. The van der Waals surface area contributed by atoms with Gasteiger partial charge < -0.3 is 15.8 Å². The number of rotatable bonds is 2. The first-order valence-corrected chi connectivity index (χ1v) is 6.40. The van der Waals surface area contributed by atoms with Crippen LogP contribution in [0, 0.1) is 0 Å². The molecular formula is C16H13N3O2. The molecule has 0 unspecified atom stereocenters. The van der Waals surface area contributed by atoms with Crippen LogP contribution in [0.2, 0.25) is 0 Å². The van der Waals surface area contributed by atoms with Gasteiger partial charge in [-0.05, 0) is 17.7 Å². The summed E-state index contributed by atoms with van der Waals surface area (Å²) in [7, 11) is 0. The molecule has 1 aromatic heterocycles. The van der Waals surface area contributed by atoms with Crippen molar-refractivity contribution in [3.8, 4) is 28.4 Å². The minimum atomic E-state index is -0.397. The number of nitrogens with two attached hydrogens (primary N) is 1. The summed E-state index contributed by atoms with van der Waals surface area (Å²) in [5.41, 5.74) is 7.28. The zero-order chi connectivity index (χ0) is 14.8. The Kier molecular flexibility index (Phi) is 3.16. The first-order chi connectivity index (χ1) is 10.1. The molecule has 4 N–H and O–H groups in total. The van der Waals surface area contributed by atoms with Crippen molar-refractivity contribution in [3.63, 3.8) is 0 Å². The number of aromatic nitrogens is 2. The number of aromatic hydroxyl groups is 1. The highest BCUT2D eigenvalue weighted by Crippen LogP contribution is 2.25. The monoisotopic (exact) mass is 279 g/mol. The Labute approximate surface area is 120 Å². The zero-order valence-corrected chi connectivity index (χ0v) is 11.1. The first-order valence-electron chi connectivity index (χ1n) is 6.40. The number of hydrogen-bond donors (Lipinski definition) is 3. The SMILES string of the molecule is Nc1cccc(-c2nc(O)c(-c3ccccc3)c(=O)[nH]2)c1. The van der Waals surface area contributed by atoms with Gasteiger partial charge in [0.05, 0.1) is 0 Å². The lowest BCUT2D eigenvalue weighted by Crippen LogP contribution is -2.12. The van der Waals surface area contributed by atoms with Crippen LogP contribution in [0.25, 0.3) is 22.5 Å². The van der Waals surface area contributed by atoms with Crippen molar-refractivity contribution in [2.75, 3.05) is 5.73 Å². The standard InChI is InChI=1S/C16H13N3O2/c17-12-8-4-7-11(9-12)14-18-15(20)13(16(21)19-14)10-5-2-1-3-6-10/h1-9H,17H2,(H2,18,19,20,21). The average molecular weight is 279 g/mol. The summed E-state index contributed by atoms with van der Waals surface area (Å²) in [5, 5.41) is 10.1. The Bertz CT molecular complexity index is 842. The summed E-state index contributed by atoms with van der Waals surface area (Å²) < 4.78 is 0. The van der Waals surface area contributed by atoms with Gasteiger partial charge in [-0.1, -0.05) is 42.5 Å². The van der Waals surface area contributed by atoms with Crippen LogP contribution >= 0.6 is 0 Å². The Morgan fingerprint density at radius 2 is 1.71 bits per heavy atom. The third kappa shape index (κ3) is 2.49. The van der Waals surface area contributed by atoms with E-state index in [4.69, 9.17) is 5.73 Å². The van der Waals surface area contributed by atoms with Gasteiger partial charge in [0, 0.05) is 11.3 Å². The second-order valence-corrected chi connectivity index (χ2v) is 4.60. The van der Waals surface area contributed by atoms with E-state index >= 15 is 0 Å². The maximum atomic E-state index is 12.2. The molecule has 104 valence electrons. The summed E-state index contributed by atoms with van der Waals surface area (Å²) in [5.74, 6) is -0.0214. The minimum Gasteiger partial charge on any atom is -0.493 e. The molecule has 0 radical (unpaired) electrons. The maximum absolute atomic E-state index is 12.2. The number of anilines is 1. The van der Waals surface area contributed by atoms with Crippen LogP contribution in [0.4, 0.5) is 5.69 Å². The molecule has 0 saturated heterocycles. The Morgan fingerprint density at radius 1 is 1.00 bits per heavy atom. The number of aromatic amines is 1. The van der Waals surface area contributed by atoms with Gasteiger partial charge in [-0.2, -0.15) is 4.98 Å². The van der Waals surface area contributed by atoms with Gasteiger partial charge in [0.1, 0.15) is 11.4 Å². The van der Waals surface area contributed by atoms with Crippen molar-refractivity contribution in [1.82, 2.24) is 9.97 Å². The average Bonchev–Trinajstić information content (AvgIpc) is 2.47. The molecular weight excluding hydrogens is 266 g/mol. The van der Waals surface area contributed by atoms with Gasteiger partial charge in [0.2, 0.25) is 5.88 Å². The van der Waals surface area contributed by atoms with Crippen LogP contribution in [-0.4, -0.2) is 15.1 Å². The van der Waals surface area contributed by atoms with Crippen molar-refractivity contribution in [1.29, 1.82) is 0 Å². The van der Waals surface area contributed by atoms with E-state index in [0.29, 0.717) is 16.8 Å². The summed E-state index contributed by atoms with van der Waals surface area (Å²) in [4.78, 5) is 19.0. The molecule has 0 amide bonds. The molecule has 0 aliphatic carbocycles. The highest BCUT2D eigenvalue weighted by Gasteiger charge is 2.13. The lowest BCUT2D eigenvalue weighted by atomic mass is 10.1. The minimum absolute atomic E-state index is 0.156. The number of nitrogen functional groups attached to an aromatic ring is 1. The topological polar surface area (TPSA) is 92.0 Å². The van der Waals surface area contributed by atoms with Crippen molar-refractivity contribution in [2.24, 2.45) is 0 Å². The highest BCUT2D eigenvalue weighted by atomic mass is 16.3. The number of nitrogens with one attached hydrogen (secondary N) is 1. The second-order valence-electron chi connectivity index (χ2n) is 4.60. The van der Waals surface area contributed by atoms with Gasteiger partial charge in [0.25, 0.3) is 5.56 Å². The smallest absolute Gasteiger partial charge is 0.262 e. The summed E-state index contributed by atoms with van der Waals surface area (Å²) >= 11 is 0. The number of nitrogens with zero attached hydrogens (tertiary/aromatic N) is 1. The van der Waals surface area contributed by atoms with Crippen molar-refractivity contribution >= 4 is 5.69 Å². The van der Waals surface area contributed by atoms with E-state index in [1.165, 1.54) is 0 Å². The molecule has 3 rings (SSSR count). The van der Waals surface area contributed by atoms with Crippen molar-refractivity contribution < 1.29 is 5.11 Å². The first kappa shape index (κ1) is 12.9. The number of H-pyrrole nitrogens is 1. The third-order valence-corrected chi connectivity index (χ3v) is 3.12. The predicted octanol–water partition coefficient (Wildman–Crippen LogP) is 2.39. The molecule has 1 heterocycles. The van der Waals surface area contributed by atoms with Gasteiger partial charge in [0.15, 0.2) is 0 Å². The highest BCUT2D eigenvalue weighted by molar-refractivity contribution is 5.69. The molecule has 3 aromatic rings. The number of benzene rings is 2. The van der Waals surface area contributed by atoms with E-state index < -0.39 is 5.56 Å². The molecule has 0 aliphatic heterocycles. The fourth-order valence-electron chi connectivity index (χ4n) is 2.15. The van der Waals surface area contributed by atoms with Gasteiger partial charge in [-0.15, -0.1) is 0 Å². The largest absolute Gasteiger partial charge is 0.493 e. The van der Waals surface area contributed by atoms with Gasteiger partial charge in [-0.25, -0.2) is 0 Å².